The van der Waals surface area contributed by atoms with E-state index in [1.807, 2.05) is 6.92 Å². The van der Waals surface area contributed by atoms with E-state index in [-0.39, 0.29) is 29.5 Å². The van der Waals surface area contributed by atoms with Crippen LogP contribution in [0.2, 0.25) is 0 Å². The number of hydrogen-bond donors (Lipinski definition) is 1. The normalized spacial score (nSPS) is 11.8. The smallest absolute Gasteiger partial charge is 0.252 e. The van der Waals surface area contributed by atoms with Crippen LogP contribution in [0, 0.1) is 11.6 Å². The van der Waals surface area contributed by atoms with E-state index in [1.165, 1.54) is 24.3 Å². The first-order valence-electron chi connectivity index (χ1n) is 9.39. The molecule has 4 rings (SSSR count). The van der Waals surface area contributed by atoms with Crippen LogP contribution in [0.25, 0.3) is 22.8 Å². The lowest BCUT2D eigenvalue weighted by Crippen LogP contribution is -2.27. The SMILES string of the molecule is C[C@@H](NC(=O)c1ccccc1-c1ncc(-c2ccc(F)cc2)o1)c1ccc(F)cc1. The first-order valence-corrected chi connectivity index (χ1v) is 9.39. The fraction of sp³-hybridized carbons (Fsp3) is 0.0833. The number of nitrogens with one attached hydrogen (secondary N) is 1. The van der Waals surface area contributed by atoms with Crippen molar-refractivity contribution in [2.24, 2.45) is 0 Å². The van der Waals surface area contributed by atoms with Crippen molar-refractivity contribution in [1.29, 1.82) is 0 Å². The molecule has 0 aliphatic heterocycles. The third-order valence-electron chi connectivity index (χ3n) is 4.75. The lowest BCUT2D eigenvalue weighted by Gasteiger charge is -2.15. The molecule has 30 heavy (non-hydrogen) atoms. The molecule has 0 radical (unpaired) electrons. The number of benzene rings is 3. The first-order chi connectivity index (χ1) is 14.5. The number of aromatic nitrogens is 1. The topological polar surface area (TPSA) is 55.1 Å². The van der Waals surface area contributed by atoms with Crippen molar-refractivity contribution in [3.63, 3.8) is 0 Å². The first kappa shape index (κ1) is 19.5. The summed E-state index contributed by atoms with van der Waals surface area (Å²) in [7, 11) is 0. The summed E-state index contributed by atoms with van der Waals surface area (Å²) in [6.07, 6.45) is 1.54. The number of hydrogen-bond acceptors (Lipinski definition) is 3. The molecule has 0 bridgehead atoms. The average molecular weight is 404 g/mol. The average Bonchev–Trinajstić information content (AvgIpc) is 3.25. The monoisotopic (exact) mass is 404 g/mol. The maximum absolute atomic E-state index is 13.2. The van der Waals surface area contributed by atoms with E-state index in [4.69, 9.17) is 4.42 Å². The molecule has 1 heterocycles. The van der Waals surface area contributed by atoms with E-state index < -0.39 is 0 Å². The number of oxazole rings is 1. The van der Waals surface area contributed by atoms with Gasteiger partial charge in [0.05, 0.1) is 17.8 Å². The van der Waals surface area contributed by atoms with Crippen molar-refractivity contribution in [2.75, 3.05) is 0 Å². The van der Waals surface area contributed by atoms with Gasteiger partial charge in [0.1, 0.15) is 11.6 Å². The number of nitrogens with zero attached hydrogens (tertiary/aromatic N) is 1. The molecule has 0 saturated heterocycles. The third-order valence-corrected chi connectivity index (χ3v) is 4.75. The Morgan fingerprint density at radius 2 is 1.57 bits per heavy atom. The van der Waals surface area contributed by atoms with Crippen LogP contribution < -0.4 is 5.32 Å². The Labute approximate surface area is 172 Å². The largest absolute Gasteiger partial charge is 0.436 e. The number of halogens is 2. The van der Waals surface area contributed by atoms with E-state index in [9.17, 15) is 13.6 Å². The van der Waals surface area contributed by atoms with Crippen LogP contribution in [0.3, 0.4) is 0 Å². The van der Waals surface area contributed by atoms with Crippen LogP contribution in [0.4, 0.5) is 8.78 Å². The minimum Gasteiger partial charge on any atom is -0.436 e. The Balaban J connectivity index is 1.59. The Morgan fingerprint density at radius 3 is 2.27 bits per heavy atom. The molecule has 1 aromatic heterocycles. The number of amides is 1. The fourth-order valence-electron chi connectivity index (χ4n) is 3.12. The van der Waals surface area contributed by atoms with Crippen LogP contribution in [0.5, 0.6) is 0 Å². The molecule has 6 heteroatoms. The van der Waals surface area contributed by atoms with Crippen molar-refractivity contribution in [2.45, 2.75) is 13.0 Å². The highest BCUT2D eigenvalue weighted by atomic mass is 19.1. The van der Waals surface area contributed by atoms with Gasteiger partial charge in [0.25, 0.3) is 5.91 Å². The zero-order valence-electron chi connectivity index (χ0n) is 16.1. The molecule has 1 atom stereocenters. The van der Waals surface area contributed by atoms with E-state index in [2.05, 4.69) is 10.3 Å². The maximum Gasteiger partial charge on any atom is 0.252 e. The second-order valence-corrected chi connectivity index (χ2v) is 6.83. The minimum atomic E-state index is -0.337. The van der Waals surface area contributed by atoms with Gasteiger partial charge in [-0.3, -0.25) is 4.79 Å². The summed E-state index contributed by atoms with van der Waals surface area (Å²) in [6.45, 7) is 1.82. The number of rotatable bonds is 5. The second-order valence-electron chi connectivity index (χ2n) is 6.83. The predicted molar refractivity (Wildman–Crippen MR) is 110 cm³/mol. The third kappa shape index (κ3) is 4.12. The van der Waals surface area contributed by atoms with Gasteiger partial charge in [-0.25, -0.2) is 13.8 Å². The molecule has 0 unspecified atom stereocenters. The Bertz CT molecular complexity index is 1170. The Morgan fingerprint density at radius 1 is 0.933 bits per heavy atom. The number of carbonyl (C=O) groups excluding carboxylic acids is 1. The summed E-state index contributed by atoms with van der Waals surface area (Å²) in [4.78, 5) is 17.2. The number of carbonyl (C=O) groups is 1. The van der Waals surface area contributed by atoms with Gasteiger partial charge in [-0.15, -0.1) is 0 Å². The van der Waals surface area contributed by atoms with E-state index in [0.29, 0.717) is 22.5 Å². The van der Waals surface area contributed by atoms with Gasteiger partial charge >= 0.3 is 0 Å². The highest BCUT2D eigenvalue weighted by Gasteiger charge is 2.19. The van der Waals surface area contributed by atoms with E-state index in [0.717, 1.165) is 5.56 Å². The molecule has 0 spiro atoms. The zero-order chi connectivity index (χ0) is 21.1. The molecule has 3 aromatic carbocycles. The molecule has 150 valence electrons. The molecule has 1 amide bonds. The Hall–Kier alpha value is -3.80. The lowest BCUT2D eigenvalue weighted by molar-refractivity contribution is 0.0940. The van der Waals surface area contributed by atoms with Crippen molar-refractivity contribution >= 4 is 5.91 Å². The minimum absolute atomic E-state index is 0.287. The van der Waals surface area contributed by atoms with Crippen molar-refractivity contribution in [3.05, 3.63) is 102 Å². The van der Waals surface area contributed by atoms with Gasteiger partial charge < -0.3 is 9.73 Å². The summed E-state index contributed by atoms with van der Waals surface area (Å²) < 4.78 is 32.1. The molecule has 1 N–H and O–H groups in total. The Kier molecular flexibility index (Phi) is 5.39. The van der Waals surface area contributed by atoms with Crippen LogP contribution in [-0.4, -0.2) is 10.9 Å². The highest BCUT2D eigenvalue weighted by Crippen LogP contribution is 2.28. The molecular formula is C24H18F2N2O2. The van der Waals surface area contributed by atoms with Crippen LogP contribution in [-0.2, 0) is 0 Å². The molecule has 4 nitrogen and oxygen atoms in total. The highest BCUT2D eigenvalue weighted by molar-refractivity contribution is 6.00. The van der Waals surface area contributed by atoms with Gasteiger partial charge in [-0.1, -0.05) is 24.3 Å². The van der Waals surface area contributed by atoms with E-state index in [1.54, 1.807) is 54.7 Å². The summed E-state index contributed by atoms with van der Waals surface area (Å²) >= 11 is 0. The molecule has 4 aromatic rings. The van der Waals surface area contributed by atoms with Gasteiger partial charge in [0.15, 0.2) is 5.76 Å². The lowest BCUT2D eigenvalue weighted by atomic mass is 10.0. The molecule has 0 fully saturated rings. The summed E-state index contributed by atoms with van der Waals surface area (Å²) in [6, 6.07) is 18.5. The quantitative estimate of drug-likeness (QED) is 0.459. The van der Waals surface area contributed by atoms with Crippen molar-refractivity contribution in [3.8, 4) is 22.8 Å². The molecule has 0 saturated carbocycles. The van der Waals surface area contributed by atoms with E-state index >= 15 is 0 Å². The summed E-state index contributed by atoms with van der Waals surface area (Å²) in [5.74, 6) is -0.211. The maximum atomic E-state index is 13.2. The zero-order valence-corrected chi connectivity index (χ0v) is 16.1. The van der Waals surface area contributed by atoms with Gasteiger partial charge in [-0.05, 0) is 61.0 Å². The summed E-state index contributed by atoms with van der Waals surface area (Å²) in [5.41, 5.74) is 2.41. The van der Waals surface area contributed by atoms with Crippen molar-refractivity contribution in [1.82, 2.24) is 10.3 Å². The van der Waals surface area contributed by atoms with Gasteiger partial charge in [0, 0.05) is 11.1 Å². The van der Waals surface area contributed by atoms with Gasteiger partial charge in [-0.2, -0.15) is 0 Å². The second kappa shape index (κ2) is 8.29. The van der Waals surface area contributed by atoms with Crippen molar-refractivity contribution < 1.29 is 18.0 Å². The fourth-order valence-corrected chi connectivity index (χ4v) is 3.12. The molecular weight excluding hydrogens is 386 g/mol. The predicted octanol–water partition coefficient (Wildman–Crippen LogP) is 5.78. The van der Waals surface area contributed by atoms with Gasteiger partial charge in [0.2, 0.25) is 5.89 Å². The molecule has 0 aliphatic carbocycles. The van der Waals surface area contributed by atoms with Crippen LogP contribution in [0.15, 0.2) is 83.4 Å². The molecule has 0 aliphatic rings. The van der Waals surface area contributed by atoms with Crippen LogP contribution >= 0.6 is 0 Å². The summed E-state index contributed by atoms with van der Waals surface area (Å²) in [5, 5.41) is 2.91. The van der Waals surface area contributed by atoms with Crippen LogP contribution in [0.1, 0.15) is 28.9 Å². The standard InChI is InChI=1S/C24H18F2N2O2/c1-15(16-6-10-18(25)11-7-16)28-23(29)20-4-2-3-5-21(20)24-27-14-22(30-24)17-8-12-19(26)13-9-17/h2-15H,1H3,(H,28,29)/t15-/m1/s1.